The minimum atomic E-state index is -3.47. The molecule has 0 aliphatic carbocycles. The van der Waals surface area contributed by atoms with E-state index in [2.05, 4.69) is 20.0 Å². The van der Waals surface area contributed by atoms with Crippen LogP contribution in [0.15, 0.2) is 41.4 Å². The van der Waals surface area contributed by atoms with Gasteiger partial charge in [0.05, 0.1) is 23.5 Å². The van der Waals surface area contributed by atoms with E-state index < -0.39 is 10.4 Å². The van der Waals surface area contributed by atoms with Crippen LogP contribution in [-0.4, -0.2) is 44.4 Å². The Balaban J connectivity index is 1.59. The smallest absolute Gasteiger partial charge is 0.198 e. The summed E-state index contributed by atoms with van der Waals surface area (Å²) in [6, 6.07) is 9.16. The zero-order valence-corrected chi connectivity index (χ0v) is 15.1. The van der Waals surface area contributed by atoms with Crippen molar-refractivity contribution in [3.8, 4) is 0 Å². The first kappa shape index (κ1) is 16.7. The Hall–Kier alpha value is -1.74. The molecular weight excluding hydrogens is 338 g/mol. The molecule has 0 bridgehead atoms. The van der Waals surface area contributed by atoms with Gasteiger partial charge in [-0.05, 0) is 37.6 Å². The summed E-state index contributed by atoms with van der Waals surface area (Å²) in [7, 11) is -1.53. The maximum absolute atomic E-state index is 12.5. The molecule has 0 amide bonds. The number of benzene rings is 1. The van der Waals surface area contributed by atoms with Gasteiger partial charge in [0.15, 0.2) is 15.3 Å². The lowest BCUT2D eigenvalue weighted by Gasteiger charge is -2.42. The summed E-state index contributed by atoms with van der Waals surface area (Å²) < 4.78 is 29.7. The lowest BCUT2D eigenvalue weighted by molar-refractivity contribution is 0.153. The molecule has 2 unspecified atom stereocenters. The number of aryl methyl sites for hydroxylation is 1. The summed E-state index contributed by atoms with van der Waals surface area (Å²) in [6.45, 7) is 3.00. The average molecular weight is 361 g/mol. The van der Waals surface area contributed by atoms with Crippen LogP contribution in [0.25, 0.3) is 0 Å². The fraction of sp³-hybridized carbons (Fsp3) is 0.471. The molecule has 1 spiro atoms. The maximum Gasteiger partial charge on any atom is 0.198 e. The number of sulfonamides is 1. The molecule has 1 aromatic heterocycles. The van der Waals surface area contributed by atoms with Crippen molar-refractivity contribution in [2.24, 2.45) is 7.05 Å². The van der Waals surface area contributed by atoms with E-state index in [1.165, 1.54) is 0 Å². The number of aromatic nitrogens is 2. The molecule has 2 aliphatic rings. The number of piperidine rings is 1. The molecule has 1 saturated heterocycles. The summed E-state index contributed by atoms with van der Waals surface area (Å²) >= 11 is 0. The van der Waals surface area contributed by atoms with Gasteiger partial charge in [-0.3, -0.25) is 9.58 Å². The normalized spacial score (nSPS) is 29.8. The van der Waals surface area contributed by atoms with Crippen molar-refractivity contribution in [2.45, 2.75) is 29.8 Å². The molecule has 7 nitrogen and oxygen atoms in total. The predicted molar refractivity (Wildman–Crippen MR) is 95.6 cm³/mol. The Morgan fingerprint density at radius 2 is 2.20 bits per heavy atom. The molecule has 4 rings (SSSR count). The van der Waals surface area contributed by atoms with Gasteiger partial charge in [-0.2, -0.15) is 5.10 Å². The number of rotatable bonds is 2. The third-order valence-electron chi connectivity index (χ3n) is 5.14. The highest BCUT2D eigenvalue weighted by atomic mass is 32.3. The van der Waals surface area contributed by atoms with Crippen LogP contribution in [0, 0.1) is 0 Å². The lowest BCUT2D eigenvalue weighted by Crippen LogP contribution is -2.57. The molecular formula is C17H23N5O2S. The van der Waals surface area contributed by atoms with Gasteiger partial charge in [0.25, 0.3) is 0 Å². The zero-order chi connectivity index (χ0) is 17.5. The number of anilines is 1. The van der Waals surface area contributed by atoms with Gasteiger partial charge in [0, 0.05) is 26.3 Å². The van der Waals surface area contributed by atoms with Crippen molar-refractivity contribution >= 4 is 16.1 Å². The summed E-state index contributed by atoms with van der Waals surface area (Å²) in [5, 5.41) is 7.78. The van der Waals surface area contributed by atoms with E-state index in [9.17, 15) is 8.76 Å². The standard InChI is InChI=1S/C17H23N5O2S/c1-21-14(7-9-18-21)11-22-10-4-8-17(13-22)12-19-25(23,24)16-6-3-2-5-15(16)20-17/h2-3,5-7,9,20H,4,8,10-13H2,1H3,(H-,19,23,24). The van der Waals surface area contributed by atoms with Crippen LogP contribution < -0.4 is 10.0 Å². The lowest BCUT2D eigenvalue weighted by atomic mass is 9.88. The van der Waals surface area contributed by atoms with E-state index in [-0.39, 0.29) is 5.54 Å². The molecule has 0 saturated carbocycles. The Kier molecular flexibility index (Phi) is 4.15. The zero-order valence-electron chi connectivity index (χ0n) is 14.3. The van der Waals surface area contributed by atoms with Crippen molar-refractivity contribution in [1.29, 1.82) is 0 Å². The number of hydrogen-bond acceptors (Lipinski definition) is 5. The molecule has 3 heterocycles. The van der Waals surface area contributed by atoms with E-state index in [1.54, 1.807) is 12.1 Å². The van der Waals surface area contributed by atoms with Gasteiger partial charge >= 0.3 is 0 Å². The Morgan fingerprint density at radius 3 is 3.00 bits per heavy atom. The molecule has 1 fully saturated rings. The number of nitrogens with one attached hydrogen (secondary N) is 2. The van der Waals surface area contributed by atoms with Crippen LogP contribution in [0.2, 0.25) is 0 Å². The van der Waals surface area contributed by atoms with E-state index >= 15 is 0 Å². The topological polar surface area (TPSA) is 85.2 Å². The van der Waals surface area contributed by atoms with Crippen molar-refractivity contribution in [3.63, 3.8) is 0 Å². The van der Waals surface area contributed by atoms with Gasteiger partial charge in [-0.1, -0.05) is 16.3 Å². The molecule has 2 aliphatic heterocycles. The monoisotopic (exact) mass is 361 g/mol. The van der Waals surface area contributed by atoms with Gasteiger partial charge < -0.3 is 9.87 Å². The first-order valence-electron chi connectivity index (χ1n) is 8.54. The van der Waals surface area contributed by atoms with Gasteiger partial charge in [0.1, 0.15) is 0 Å². The molecule has 0 radical (unpaired) electrons. The van der Waals surface area contributed by atoms with Gasteiger partial charge in [0.2, 0.25) is 0 Å². The van der Waals surface area contributed by atoms with Gasteiger partial charge in [-0.15, -0.1) is 4.72 Å². The van der Waals surface area contributed by atoms with Crippen molar-refractivity contribution in [1.82, 2.24) is 19.4 Å². The Bertz CT molecular complexity index is 823. The molecule has 134 valence electrons. The van der Waals surface area contributed by atoms with Crippen LogP contribution in [-0.2, 0) is 28.2 Å². The van der Waals surface area contributed by atoms with Crippen LogP contribution in [0.3, 0.4) is 0 Å². The van der Waals surface area contributed by atoms with E-state index in [4.69, 9.17) is 0 Å². The van der Waals surface area contributed by atoms with Crippen molar-refractivity contribution < 1.29 is 8.76 Å². The quantitative estimate of drug-likeness (QED) is 0.789. The Labute approximate surface area is 148 Å². The maximum atomic E-state index is 12.5. The van der Waals surface area contributed by atoms with E-state index in [0.717, 1.165) is 38.2 Å². The number of para-hydroxylation sites is 1. The third kappa shape index (κ3) is 3.22. The second-order valence-corrected chi connectivity index (χ2v) is 8.72. The number of likely N-dealkylation sites (tertiary alicyclic amines) is 1. The fourth-order valence-electron chi connectivity index (χ4n) is 3.84. The van der Waals surface area contributed by atoms with Crippen LogP contribution >= 0.6 is 0 Å². The highest BCUT2D eigenvalue weighted by Gasteiger charge is 2.42. The number of hydrogen-bond donors (Lipinski definition) is 2. The van der Waals surface area contributed by atoms with Crippen molar-refractivity contribution in [2.75, 3.05) is 25.0 Å². The molecule has 2 atom stereocenters. The van der Waals surface area contributed by atoms with Crippen LogP contribution in [0.5, 0.6) is 0 Å². The molecule has 1 aromatic carbocycles. The highest BCUT2D eigenvalue weighted by Crippen LogP contribution is 2.34. The van der Waals surface area contributed by atoms with Crippen LogP contribution in [0.4, 0.5) is 5.69 Å². The SMILES string of the molecule is Cn1nccc1CN1CCCC2(CN[S+](=O)([O-])c3ccccc3N2)C1. The summed E-state index contributed by atoms with van der Waals surface area (Å²) in [6.07, 6.45) is 3.77. The van der Waals surface area contributed by atoms with Crippen LogP contribution in [0.1, 0.15) is 18.5 Å². The molecule has 25 heavy (non-hydrogen) atoms. The minimum absolute atomic E-state index is 0.295. The third-order valence-corrected chi connectivity index (χ3v) is 6.60. The first-order valence-corrected chi connectivity index (χ1v) is 10.0. The fourth-order valence-corrected chi connectivity index (χ4v) is 5.13. The average Bonchev–Trinajstić information content (AvgIpc) is 2.94. The molecule has 8 heteroatoms. The number of fused-ring (bicyclic) bond motifs is 1. The summed E-state index contributed by atoms with van der Waals surface area (Å²) in [5.74, 6) is 0. The first-order chi connectivity index (χ1) is 12.0. The predicted octanol–water partition coefficient (Wildman–Crippen LogP) is 1.37. The van der Waals surface area contributed by atoms with Crippen molar-refractivity contribution in [3.05, 3.63) is 42.2 Å². The van der Waals surface area contributed by atoms with E-state index in [0.29, 0.717) is 17.1 Å². The largest absolute Gasteiger partial charge is 0.593 e. The molecule has 2 N–H and O–H groups in total. The second kappa shape index (κ2) is 6.21. The van der Waals surface area contributed by atoms with Gasteiger partial charge in [-0.25, -0.2) is 0 Å². The summed E-state index contributed by atoms with van der Waals surface area (Å²) in [4.78, 5) is 2.70. The second-order valence-electron chi connectivity index (χ2n) is 6.99. The molecule has 2 aromatic rings. The number of nitrogens with zero attached hydrogens (tertiary/aromatic N) is 3. The highest BCUT2D eigenvalue weighted by molar-refractivity contribution is 7.96. The van der Waals surface area contributed by atoms with E-state index in [1.807, 2.05) is 36.1 Å². The minimum Gasteiger partial charge on any atom is -0.593 e. The summed E-state index contributed by atoms with van der Waals surface area (Å²) in [5.41, 5.74) is 1.55. The Morgan fingerprint density at radius 1 is 1.36 bits per heavy atom.